The Morgan fingerprint density at radius 1 is 1.03 bits per heavy atom. The van der Waals surface area contributed by atoms with Crippen molar-refractivity contribution in [1.29, 1.82) is 0 Å². The number of alkyl halides is 3. The third-order valence-corrected chi connectivity index (χ3v) is 5.41. The molecule has 0 amide bonds. The lowest BCUT2D eigenvalue weighted by molar-refractivity contribution is -0.144. The standard InChI is InChI=1S/C20H21F4N5/c1-12(2)28-9-7-14(8-10-28)17-11-16(13-3-5-15(21)6-4-13)25-19-26-18(20(22,23)24)27-29(17)19/h3-6,11-12,14H,7-10H2,1-2H3. The summed E-state index contributed by atoms with van der Waals surface area (Å²) in [5.74, 6) is -1.65. The van der Waals surface area contributed by atoms with Crippen LogP contribution < -0.4 is 0 Å². The van der Waals surface area contributed by atoms with Crippen LogP contribution in [0.2, 0.25) is 0 Å². The van der Waals surface area contributed by atoms with Gasteiger partial charge < -0.3 is 4.90 Å². The van der Waals surface area contributed by atoms with Gasteiger partial charge in [0.05, 0.1) is 11.4 Å². The average molecular weight is 407 g/mol. The van der Waals surface area contributed by atoms with Crippen LogP contribution in [0.5, 0.6) is 0 Å². The third kappa shape index (κ3) is 3.96. The first kappa shape index (κ1) is 19.8. The topological polar surface area (TPSA) is 46.3 Å². The monoisotopic (exact) mass is 407 g/mol. The second-order valence-corrected chi connectivity index (χ2v) is 7.62. The molecule has 0 unspecified atom stereocenters. The average Bonchev–Trinajstić information content (AvgIpc) is 3.12. The van der Waals surface area contributed by atoms with Crippen molar-refractivity contribution in [2.75, 3.05) is 13.1 Å². The first-order chi connectivity index (χ1) is 13.7. The largest absolute Gasteiger partial charge is 0.453 e. The highest BCUT2D eigenvalue weighted by molar-refractivity contribution is 5.61. The third-order valence-electron chi connectivity index (χ3n) is 5.41. The number of likely N-dealkylation sites (tertiary alicyclic amines) is 1. The highest BCUT2D eigenvalue weighted by Crippen LogP contribution is 2.33. The van der Waals surface area contributed by atoms with Gasteiger partial charge in [-0.05, 0) is 70.1 Å². The molecule has 4 rings (SSSR count). The van der Waals surface area contributed by atoms with Crippen LogP contribution in [-0.2, 0) is 6.18 Å². The van der Waals surface area contributed by atoms with Crippen molar-refractivity contribution in [3.05, 3.63) is 47.7 Å². The molecule has 0 saturated carbocycles. The summed E-state index contributed by atoms with van der Waals surface area (Å²) in [7, 11) is 0. The molecular formula is C20H21F4N5. The second-order valence-electron chi connectivity index (χ2n) is 7.62. The van der Waals surface area contributed by atoms with Crippen molar-refractivity contribution in [3.8, 4) is 11.3 Å². The first-order valence-corrected chi connectivity index (χ1v) is 9.57. The zero-order valence-electron chi connectivity index (χ0n) is 16.1. The van der Waals surface area contributed by atoms with Gasteiger partial charge in [-0.2, -0.15) is 18.2 Å². The number of piperidine rings is 1. The fourth-order valence-corrected chi connectivity index (χ4v) is 3.78. The Hall–Kier alpha value is -2.55. The fourth-order valence-electron chi connectivity index (χ4n) is 3.78. The number of rotatable bonds is 3. The Morgan fingerprint density at radius 2 is 1.69 bits per heavy atom. The molecule has 0 atom stereocenters. The molecule has 1 aliphatic rings. The Bertz CT molecular complexity index is 1000. The van der Waals surface area contributed by atoms with E-state index in [0.717, 1.165) is 25.9 Å². The molecule has 3 aromatic rings. The van der Waals surface area contributed by atoms with Crippen LogP contribution in [0.1, 0.15) is 44.1 Å². The number of aromatic nitrogens is 4. The SMILES string of the molecule is CC(C)N1CCC(c2cc(-c3ccc(F)cc3)nc3nc(C(F)(F)F)nn23)CC1. The number of benzene rings is 1. The summed E-state index contributed by atoms with van der Waals surface area (Å²) in [4.78, 5) is 10.2. The predicted molar refractivity (Wildman–Crippen MR) is 99.9 cm³/mol. The van der Waals surface area contributed by atoms with Crippen LogP contribution in [0, 0.1) is 5.82 Å². The molecular weight excluding hydrogens is 386 g/mol. The van der Waals surface area contributed by atoms with E-state index in [1.807, 2.05) is 0 Å². The van der Waals surface area contributed by atoms with E-state index in [0.29, 0.717) is 23.0 Å². The highest BCUT2D eigenvalue weighted by atomic mass is 19.4. The molecule has 3 heterocycles. The van der Waals surface area contributed by atoms with E-state index < -0.39 is 17.8 Å². The summed E-state index contributed by atoms with van der Waals surface area (Å²) in [5.41, 5.74) is 1.73. The summed E-state index contributed by atoms with van der Waals surface area (Å²) in [5, 5.41) is 3.71. The molecule has 2 aromatic heterocycles. The lowest BCUT2D eigenvalue weighted by Crippen LogP contribution is -2.38. The van der Waals surface area contributed by atoms with Crippen LogP contribution in [0.25, 0.3) is 17.0 Å². The minimum atomic E-state index is -4.65. The van der Waals surface area contributed by atoms with Gasteiger partial charge in [-0.3, -0.25) is 0 Å². The van der Waals surface area contributed by atoms with Crippen LogP contribution in [0.15, 0.2) is 30.3 Å². The van der Waals surface area contributed by atoms with Crippen molar-refractivity contribution >= 4 is 5.78 Å². The second kappa shape index (κ2) is 7.37. The Labute approximate surface area is 165 Å². The molecule has 1 aliphatic heterocycles. The van der Waals surface area contributed by atoms with Gasteiger partial charge in [-0.1, -0.05) is 0 Å². The zero-order valence-corrected chi connectivity index (χ0v) is 16.1. The van der Waals surface area contributed by atoms with Crippen LogP contribution in [-0.4, -0.2) is 43.6 Å². The minimum absolute atomic E-state index is 0.0393. The highest BCUT2D eigenvalue weighted by Gasteiger charge is 2.37. The number of halogens is 4. The van der Waals surface area contributed by atoms with Crippen molar-refractivity contribution in [2.45, 2.75) is 44.8 Å². The van der Waals surface area contributed by atoms with Gasteiger partial charge in [0, 0.05) is 17.5 Å². The fraction of sp³-hybridized carbons (Fsp3) is 0.450. The van der Waals surface area contributed by atoms with Crippen LogP contribution in [0.3, 0.4) is 0 Å². The molecule has 1 fully saturated rings. The molecule has 154 valence electrons. The molecule has 0 aliphatic carbocycles. The van der Waals surface area contributed by atoms with Crippen LogP contribution >= 0.6 is 0 Å². The zero-order chi connectivity index (χ0) is 20.8. The maximum Gasteiger partial charge on any atom is 0.453 e. The summed E-state index contributed by atoms with van der Waals surface area (Å²) < 4.78 is 54.1. The molecule has 1 saturated heterocycles. The summed E-state index contributed by atoms with van der Waals surface area (Å²) in [6, 6.07) is 7.89. The van der Waals surface area contributed by atoms with Gasteiger partial charge >= 0.3 is 6.18 Å². The lowest BCUT2D eigenvalue weighted by atomic mass is 9.92. The maximum absolute atomic E-state index is 13.3. The van der Waals surface area contributed by atoms with E-state index in [1.165, 1.54) is 16.6 Å². The smallest absolute Gasteiger partial charge is 0.301 e. The molecule has 1 aromatic carbocycles. The number of fused-ring (bicyclic) bond motifs is 1. The summed E-state index contributed by atoms with van der Waals surface area (Å²) in [6.45, 7) is 5.98. The molecule has 5 nitrogen and oxygen atoms in total. The Morgan fingerprint density at radius 3 is 2.28 bits per heavy atom. The first-order valence-electron chi connectivity index (χ1n) is 9.57. The molecule has 0 spiro atoms. The van der Waals surface area contributed by atoms with Gasteiger partial charge in [0.1, 0.15) is 5.82 Å². The molecule has 9 heteroatoms. The minimum Gasteiger partial charge on any atom is -0.301 e. The van der Waals surface area contributed by atoms with Gasteiger partial charge in [-0.25, -0.2) is 13.9 Å². The van der Waals surface area contributed by atoms with Gasteiger partial charge in [0.15, 0.2) is 0 Å². The molecule has 0 N–H and O–H groups in total. The van der Waals surface area contributed by atoms with Gasteiger partial charge in [0.25, 0.3) is 11.6 Å². The van der Waals surface area contributed by atoms with Crippen molar-refractivity contribution in [3.63, 3.8) is 0 Å². The quantitative estimate of drug-likeness (QED) is 0.598. The van der Waals surface area contributed by atoms with Crippen LogP contribution in [0.4, 0.5) is 17.6 Å². The predicted octanol–water partition coefficient (Wildman–Crippen LogP) is 4.54. The van der Waals surface area contributed by atoms with E-state index in [-0.39, 0.29) is 11.7 Å². The Balaban J connectivity index is 1.80. The molecule has 29 heavy (non-hydrogen) atoms. The molecule has 0 radical (unpaired) electrons. The van der Waals surface area contributed by atoms with Gasteiger partial charge in [-0.15, -0.1) is 5.10 Å². The number of hydrogen-bond acceptors (Lipinski definition) is 4. The summed E-state index contributed by atoms with van der Waals surface area (Å²) >= 11 is 0. The van der Waals surface area contributed by atoms with E-state index in [2.05, 4.69) is 33.8 Å². The molecule has 0 bridgehead atoms. The normalized spacial score (nSPS) is 16.8. The van der Waals surface area contributed by atoms with Crippen molar-refractivity contribution < 1.29 is 17.6 Å². The lowest BCUT2D eigenvalue weighted by Gasteiger charge is -2.34. The van der Waals surface area contributed by atoms with Crippen molar-refractivity contribution in [1.82, 2.24) is 24.5 Å². The number of hydrogen-bond donors (Lipinski definition) is 0. The summed E-state index contributed by atoms with van der Waals surface area (Å²) in [6.07, 6.45) is -3.04. The van der Waals surface area contributed by atoms with E-state index in [9.17, 15) is 17.6 Å². The van der Waals surface area contributed by atoms with E-state index in [4.69, 9.17) is 0 Å². The van der Waals surface area contributed by atoms with E-state index >= 15 is 0 Å². The van der Waals surface area contributed by atoms with Crippen molar-refractivity contribution in [2.24, 2.45) is 0 Å². The van der Waals surface area contributed by atoms with Gasteiger partial charge in [0.2, 0.25) is 0 Å². The maximum atomic E-state index is 13.3. The van der Waals surface area contributed by atoms with E-state index in [1.54, 1.807) is 18.2 Å². The number of nitrogens with zero attached hydrogens (tertiary/aromatic N) is 5. The Kier molecular flexibility index (Phi) is 5.02.